The van der Waals surface area contributed by atoms with E-state index in [1.807, 2.05) is 6.92 Å². The monoisotopic (exact) mass is 178 g/mol. The molecule has 4 heteroatoms. The molecule has 1 rings (SSSR count). The van der Waals surface area contributed by atoms with E-state index in [1.165, 1.54) is 0 Å². The summed E-state index contributed by atoms with van der Waals surface area (Å²) in [6, 6.07) is 0. The topological polar surface area (TPSA) is 49.7 Å². The van der Waals surface area contributed by atoms with Gasteiger partial charge < -0.3 is 14.3 Å². The predicted octanol–water partition coefficient (Wildman–Crippen LogP) is 1.79. The summed E-state index contributed by atoms with van der Waals surface area (Å²) >= 11 is 0. The van der Waals surface area contributed by atoms with Crippen molar-refractivity contribution in [2.75, 3.05) is 0 Å². The van der Waals surface area contributed by atoms with Crippen LogP contribution >= 0.6 is 8.60 Å². The molecule has 66 valence electrons. The highest BCUT2D eigenvalue weighted by Crippen LogP contribution is 2.45. The zero-order valence-corrected chi connectivity index (χ0v) is 7.84. The van der Waals surface area contributed by atoms with Gasteiger partial charge in [0.05, 0.1) is 5.60 Å². The van der Waals surface area contributed by atoms with Crippen LogP contribution < -0.4 is 0 Å². The van der Waals surface area contributed by atoms with Crippen molar-refractivity contribution in [1.29, 1.82) is 0 Å². The van der Waals surface area contributed by atoms with Gasteiger partial charge in [-0.3, -0.25) is 0 Å². The van der Waals surface area contributed by atoms with Gasteiger partial charge in [0.15, 0.2) is 0 Å². The Morgan fingerprint density at radius 1 is 1.55 bits per heavy atom. The molecule has 1 saturated carbocycles. The minimum absolute atomic E-state index is 0.296. The summed E-state index contributed by atoms with van der Waals surface area (Å²) < 4.78 is 5.09. The summed E-state index contributed by atoms with van der Waals surface area (Å²) in [5.41, 5.74) is -0.296. The van der Waals surface area contributed by atoms with Crippen LogP contribution in [0.3, 0.4) is 0 Å². The summed E-state index contributed by atoms with van der Waals surface area (Å²) in [5.74, 6) is 0.437. The van der Waals surface area contributed by atoms with Crippen LogP contribution in [-0.2, 0) is 4.52 Å². The van der Waals surface area contributed by atoms with E-state index in [9.17, 15) is 0 Å². The minimum Gasteiger partial charge on any atom is -0.328 e. The zero-order chi connectivity index (χ0) is 8.48. The van der Waals surface area contributed by atoms with Crippen LogP contribution in [-0.4, -0.2) is 15.4 Å². The molecule has 0 aromatic heterocycles. The largest absolute Gasteiger partial charge is 0.328 e. The van der Waals surface area contributed by atoms with Crippen LogP contribution in [0.2, 0.25) is 0 Å². The second kappa shape index (κ2) is 3.36. The highest BCUT2D eigenvalue weighted by atomic mass is 31.2. The Balaban J connectivity index is 2.51. The highest BCUT2D eigenvalue weighted by molar-refractivity contribution is 7.39. The van der Waals surface area contributed by atoms with E-state index in [-0.39, 0.29) is 5.60 Å². The zero-order valence-electron chi connectivity index (χ0n) is 6.95. The van der Waals surface area contributed by atoms with E-state index < -0.39 is 8.60 Å². The van der Waals surface area contributed by atoms with E-state index in [0.29, 0.717) is 5.92 Å². The molecule has 2 atom stereocenters. The van der Waals surface area contributed by atoms with Crippen LogP contribution in [0.1, 0.15) is 33.1 Å². The van der Waals surface area contributed by atoms with Crippen molar-refractivity contribution in [3.63, 3.8) is 0 Å². The van der Waals surface area contributed by atoms with E-state index in [4.69, 9.17) is 14.3 Å². The molecule has 0 aromatic carbocycles. The first-order valence-electron chi connectivity index (χ1n) is 3.91. The molecule has 11 heavy (non-hydrogen) atoms. The second-order valence-corrected chi connectivity index (χ2v) is 4.14. The third kappa shape index (κ3) is 2.12. The average Bonchev–Trinajstić information content (AvgIpc) is 2.11. The van der Waals surface area contributed by atoms with Crippen LogP contribution in [0.25, 0.3) is 0 Å². The third-order valence-corrected chi connectivity index (χ3v) is 3.22. The molecule has 0 heterocycles. The highest BCUT2D eigenvalue weighted by Gasteiger charge is 2.38. The third-order valence-electron chi connectivity index (χ3n) is 2.64. The van der Waals surface area contributed by atoms with Crippen LogP contribution in [0, 0.1) is 5.92 Å². The van der Waals surface area contributed by atoms with E-state index in [2.05, 4.69) is 6.92 Å². The fraction of sp³-hybridized carbons (Fsp3) is 1.00. The Morgan fingerprint density at radius 3 is 2.55 bits per heavy atom. The van der Waals surface area contributed by atoms with Crippen molar-refractivity contribution < 1.29 is 14.3 Å². The van der Waals surface area contributed by atoms with Gasteiger partial charge in [-0.05, 0) is 25.7 Å². The summed E-state index contributed by atoms with van der Waals surface area (Å²) in [6.45, 7) is 4.04. The van der Waals surface area contributed by atoms with Gasteiger partial charge in [-0.1, -0.05) is 13.3 Å². The van der Waals surface area contributed by atoms with Crippen molar-refractivity contribution in [1.82, 2.24) is 0 Å². The SMILES string of the molecule is CC1CCCC1(C)OP(O)O. The van der Waals surface area contributed by atoms with Gasteiger partial charge in [0.25, 0.3) is 0 Å². The molecule has 1 fully saturated rings. The van der Waals surface area contributed by atoms with Gasteiger partial charge in [-0.2, -0.15) is 0 Å². The lowest BCUT2D eigenvalue weighted by molar-refractivity contribution is 0.0425. The number of hydrogen-bond acceptors (Lipinski definition) is 3. The van der Waals surface area contributed by atoms with Gasteiger partial charge in [-0.25, -0.2) is 0 Å². The first-order valence-corrected chi connectivity index (χ1v) is 5.08. The number of rotatable bonds is 2. The fourth-order valence-electron chi connectivity index (χ4n) is 1.63. The van der Waals surface area contributed by atoms with E-state index in [0.717, 1.165) is 19.3 Å². The number of hydrogen-bond donors (Lipinski definition) is 2. The van der Waals surface area contributed by atoms with Crippen LogP contribution in [0.4, 0.5) is 0 Å². The molecule has 1 aliphatic rings. The Hall–Kier alpha value is 0.310. The van der Waals surface area contributed by atoms with Crippen molar-refractivity contribution in [3.8, 4) is 0 Å². The van der Waals surface area contributed by atoms with Gasteiger partial charge in [0.2, 0.25) is 0 Å². The average molecular weight is 178 g/mol. The first kappa shape index (κ1) is 9.40. The predicted molar refractivity (Wildman–Crippen MR) is 43.9 cm³/mol. The van der Waals surface area contributed by atoms with E-state index in [1.54, 1.807) is 0 Å². The molecule has 0 aliphatic heterocycles. The molecule has 2 N–H and O–H groups in total. The van der Waals surface area contributed by atoms with Crippen molar-refractivity contribution in [2.24, 2.45) is 5.92 Å². The lowest BCUT2D eigenvalue weighted by Gasteiger charge is -2.29. The van der Waals surface area contributed by atoms with Crippen LogP contribution in [0.5, 0.6) is 0 Å². The summed E-state index contributed by atoms with van der Waals surface area (Å²) in [6.07, 6.45) is 3.19. The lowest BCUT2D eigenvalue weighted by atomic mass is 9.95. The summed E-state index contributed by atoms with van der Waals surface area (Å²) in [5, 5.41) is 0. The molecule has 2 unspecified atom stereocenters. The van der Waals surface area contributed by atoms with Crippen molar-refractivity contribution in [2.45, 2.75) is 38.7 Å². The maximum atomic E-state index is 8.69. The lowest BCUT2D eigenvalue weighted by Crippen LogP contribution is -2.29. The molecule has 0 amide bonds. The molecule has 0 saturated heterocycles. The molecule has 0 bridgehead atoms. The molecule has 0 radical (unpaired) electrons. The maximum absolute atomic E-state index is 8.69. The molecular formula is C7H15O3P. The van der Waals surface area contributed by atoms with Crippen LogP contribution in [0.15, 0.2) is 0 Å². The Kier molecular flexibility index (Phi) is 2.87. The molecule has 3 nitrogen and oxygen atoms in total. The quantitative estimate of drug-likeness (QED) is 0.634. The summed E-state index contributed by atoms with van der Waals surface area (Å²) in [7, 11) is -2.19. The fourth-order valence-corrected chi connectivity index (χ4v) is 2.28. The Bertz CT molecular complexity index is 140. The second-order valence-electron chi connectivity index (χ2n) is 3.45. The molecular weight excluding hydrogens is 163 g/mol. The van der Waals surface area contributed by atoms with Gasteiger partial charge in [0, 0.05) is 0 Å². The molecule has 0 aromatic rings. The smallest absolute Gasteiger partial charge is 0.327 e. The van der Waals surface area contributed by atoms with Gasteiger partial charge >= 0.3 is 8.60 Å². The minimum atomic E-state index is -2.19. The maximum Gasteiger partial charge on any atom is 0.327 e. The van der Waals surface area contributed by atoms with Crippen molar-refractivity contribution >= 4 is 8.60 Å². The van der Waals surface area contributed by atoms with Gasteiger partial charge in [0.1, 0.15) is 0 Å². The standard InChI is InChI=1S/C7H15O3P/c1-6-4-3-5-7(6,2)10-11(8)9/h6,8-9H,3-5H2,1-2H3. The molecule has 0 spiro atoms. The summed E-state index contributed by atoms with van der Waals surface area (Å²) in [4.78, 5) is 17.4. The Morgan fingerprint density at radius 2 is 2.18 bits per heavy atom. The van der Waals surface area contributed by atoms with E-state index >= 15 is 0 Å². The normalized spacial score (nSPS) is 38.5. The first-order chi connectivity index (χ1) is 5.04. The van der Waals surface area contributed by atoms with Gasteiger partial charge in [-0.15, -0.1) is 0 Å². The Labute approximate surface area is 68.4 Å². The van der Waals surface area contributed by atoms with Crippen molar-refractivity contribution in [3.05, 3.63) is 0 Å². The molecule has 1 aliphatic carbocycles.